The second kappa shape index (κ2) is 11.0. The Bertz CT molecular complexity index is 1650. The molecule has 0 aliphatic carbocycles. The van der Waals surface area contributed by atoms with Crippen molar-refractivity contribution < 1.29 is 4.79 Å². The lowest BCUT2D eigenvalue weighted by Gasteiger charge is -2.29. The second-order valence-electron chi connectivity index (χ2n) is 9.43. The second-order valence-corrected chi connectivity index (χ2v) is 10.7. The summed E-state index contributed by atoms with van der Waals surface area (Å²) in [5.41, 5.74) is 3.81. The molecule has 194 valence electrons. The number of halogens is 1. The van der Waals surface area contributed by atoms with Crippen LogP contribution in [0.4, 0.5) is 5.69 Å². The highest BCUT2D eigenvalue weighted by Crippen LogP contribution is 2.39. The lowest BCUT2D eigenvalue weighted by molar-refractivity contribution is -0.116. The Labute approximate surface area is 240 Å². The van der Waals surface area contributed by atoms with Gasteiger partial charge in [0.25, 0.3) is 0 Å². The number of nitrogens with one attached hydrogen (secondary N) is 2. The summed E-state index contributed by atoms with van der Waals surface area (Å²) < 4.78 is 3.17. The third-order valence-electron chi connectivity index (χ3n) is 7.01. The monoisotopic (exact) mass is 595 g/mol. The van der Waals surface area contributed by atoms with Gasteiger partial charge < -0.3 is 20.1 Å². The maximum Gasteiger partial charge on any atom is 0.226 e. The van der Waals surface area contributed by atoms with Gasteiger partial charge in [-0.2, -0.15) is 0 Å². The molecule has 0 bridgehead atoms. The highest BCUT2D eigenvalue weighted by Gasteiger charge is 2.41. The van der Waals surface area contributed by atoms with Crippen LogP contribution in [0.2, 0.25) is 0 Å². The zero-order chi connectivity index (χ0) is 26.8. The first kappa shape index (κ1) is 25.3. The number of rotatable bonds is 7. The Morgan fingerprint density at radius 3 is 2.64 bits per heavy atom. The summed E-state index contributed by atoms with van der Waals surface area (Å²) in [6, 6.07) is 31.9. The third-order valence-corrected chi connectivity index (χ3v) is 7.86. The van der Waals surface area contributed by atoms with Crippen LogP contribution in [-0.4, -0.2) is 32.0 Å². The van der Waals surface area contributed by atoms with Crippen molar-refractivity contribution in [1.82, 2.24) is 19.8 Å². The van der Waals surface area contributed by atoms with Crippen LogP contribution in [-0.2, 0) is 4.79 Å². The van der Waals surface area contributed by atoms with Gasteiger partial charge in [0.1, 0.15) is 0 Å². The first-order valence-corrected chi connectivity index (χ1v) is 14.0. The molecule has 1 aliphatic rings. The SMILES string of the molecule is O=C(CCN1C(=S)NC(c2ccccn2)C1c1cccn1-c1cccc(Br)c1)Nc1cccc2ccccc12. The summed E-state index contributed by atoms with van der Waals surface area (Å²) in [4.78, 5) is 19.9. The van der Waals surface area contributed by atoms with Crippen molar-refractivity contribution in [2.45, 2.75) is 18.5 Å². The Morgan fingerprint density at radius 2 is 1.79 bits per heavy atom. The van der Waals surface area contributed by atoms with Gasteiger partial charge in [-0.05, 0) is 66.1 Å². The fraction of sp³-hybridized carbons (Fsp3) is 0.129. The molecule has 5 aromatic rings. The molecule has 0 saturated carbocycles. The minimum absolute atomic E-state index is 0.0587. The molecule has 2 unspecified atom stereocenters. The van der Waals surface area contributed by atoms with Gasteiger partial charge in [-0.1, -0.05) is 64.5 Å². The van der Waals surface area contributed by atoms with Crippen molar-refractivity contribution in [1.29, 1.82) is 0 Å². The normalized spacial score (nSPS) is 16.8. The third kappa shape index (κ3) is 5.17. The molecule has 0 spiro atoms. The van der Waals surface area contributed by atoms with Crippen LogP contribution < -0.4 is 10.6 Å². The van der Waals surface area contributed by atoms with Crippen LogP contribution in [0.5, 0.6) is 0 Å². The number of benzene rings is 3. The first-order valence-electron chi connectivity index (χ1n) is 12.8. The van der Waals surface area contributed by atoms with Gasteiger partial charge in [0, 0.05) is 52.3 Å². The predicted molar refractivity (Wildman–Crippen MR) is 163 cm³/mol. The van der Waals surface area contributed by atoms with E-state index >= 15 is 0 Å². The Kier molecular flexibility index (Phi) is 7.13. The molecule has 6 nitrogen and oxygen atoms in total. The lowest BCUT2D eigenvalue weighted by atomic mass is 10.0. The van der Waals surface area contributed by atoms with Crippen molar-refractivity contribution in [3.63, 3.8) is 0 Å². The molecule has 0 radical (unpaired) electrons. The van der Waals surface area contributed by atoms with E-state index in [4.69, 9.17) is 12.2 Å². The van der Waals surface area contributed by atoms with Crippen molar-refractivity contribution >= 4 is 55.6 Å². The summed E-state index contributed by atoms with van der Waals surface area (Å²) in [5.74, 6) is -0.0587. The zero-order valence-electron chi connectivity index (χ0n) is 21.0. The van der Waals surface area contributed by atoms with Gasteiger partial charge >= 0.3 is 0 Å². The Hall–Kier alpha value is -4.01. The molecule has 6 rings (SSSR count). The van der Waals surface area contributed by atoms with Gasteiger partial charge in [-0.25, -0.2) is 0 Å². The number of hydrogen-bond donors (Lipinski definition) is 2. The molecule has 1 aliphatic heterocycles. The van der Waals surface area contributed by atoms with Gasteiger partial charge in [0.2, 0.25) is 5.91 Å². The van der Waals surface area contributed by atoms with Gasteiger partial charge in [0.05, 0.1) is 17.8 Å². The number of hydrogen-bond acceptors (Lipinski definition) is 3. The van der Waals surface area contributed by atoms with Crippen LogP contribution in [0.25, 0.3) is 16.5 Å². The van der Waals surface area contributed by atoms with E-state index in [9.17, 15) is 4.79 Å². The minimum atomic E-state index is -0.166. The van der Waals surface area contributed by atoms with E-state index in [1.165, 1.54) is 0 Å². The number of amides is 1. The van der Waals surface area contributed by atoms with E-state index < -0.39 is 0 Å². The lowest BCUT2D eigenvalue weighted by Crippen LogP contribution is -2.33. The molecule has 3 heterocycles. The van der Waals surface area contributed by atoms with Crippen molar-refractivity contribution in [3.8, 4) is 5.69 Å². The highest BCUT2D eigenvalue weighted by molar-refractivity contribution is 9.10. The van der Waals surface area contributed by atoms with E-state index in [1.54, 1.807) is 6.20 Å². The molecule has 1 amide bonds. The first-order chi connectivity index (χ1) is 19.1. The van der Waals surface area contributed by atoms with Crippen LogP contribution >= 0.6 is 28.1 Å². The number of pyridine rings is 1. The molecular formula is C31H26BrN5OS. The number of aromatic nitrogens is 2. The number of carbonyl (C=O) groups excluding carboxylic acids is 1. The van der Waals surface area contributed by atoms with Crippen LogP contribution in [0.3, 0.4) is 0 Å². The fourth-order valence-corrected chi connectivity index (χ4v) is 5.95. The Balaban J connectivity index is 1.29. The van der Waals surface area contributed by atoms with Crippen molar-refractivity contribution in [3.05, 3.63) is 125 Å². The summed E-state index contributed by atoms with van der Waals surface area (Å²) >= 11 is 9.43. The standard InChI is InChI=1S/C31H26BrN5OS/c32-22-10-6-11-23(20-22)36-18-7-15-27(36)30-29(26-13-3-4-17-33-26)35-31(39)37(30)19-16-28(38)34-25-14-5-9-21-8-1-2-12-24(21)25/h1-15,17-18,20,29-30H,16,19H2,(H,34,38)(H,35,39). The quantitative estimate of drug-likeness (QED) is 0.203. The van der Waals surface area contributed by atoms with Gasteiger partial charge in [-0.3, -0.25) is 9.78 Å². The molecular weight excluding hydrogens is 570 g/mol. The van der Waals surface area contributed by atoms with Crippen LogP contribution in [0.1, 0.15) is 29.9 Å². The molecule has 3 aromatic carbocycles. The maximum absolute atomic E-state index is 13.2. The zero-order valence-corrected chi connectivity index (χ0v) is 23.4. The number of fused-ring (bicyclic) bond motifs is 1. The summed E-state index contributed by atoms with van der Waals surface area (Å²) in [6.07, 6.45) is 4.14. The van der Waals surface area contributed by atoms with Crippen LogP contribution in [0.15, 0.2) is 114 Å². The highest BCUT2D eigenvalue weighted by atomic mass is 79.9. The van der Waals surface area contributed by atoms with E-state index in [1.807, 2.05) is 78.9 Å². The molecule has 8 heteroatoms. The minimum Gasteiger partial charge on any atom is -0.352 e. The van der Waals surface area contributed by atoms with Gasteiger partial charge in [-0.15, -0.1) is 0 Å². The predicted octanol–water partition coefficient (Wildman–Crippen LogP) is 6.79. The topological polar surface area (TPSA) is 62.2 Å². The summed E-state index contributed by atoms with van der Waals surface area (Å²) in [6.45, 7) is 0.458. The molecule has 1 saturated heterocycles. The average Bonchev–Trinajstić information content (AvgIpc) is 3.57. The average molecular weight is 597 g/mol. The Morgan fingerprint density at radius 1 is 0.974 bits per heavy atom. The van der Waals surface area contributed by atoms with Gasteiger partial charge in [0.15, 0.2) is 5.11 Å². The molecule has 2 atom stereocenters. The van der Waals surface area contributed by atoms with Crippen molar-refractivity contribution in [2.24, 2.45) is 0 Å². The van der Waals surface area contributed by atoms with E-state index in [-0.39, 0.29) is 24.4 Å². The van der Waals surface area contributed by atoms with E-state index in [0.29, 0.717) is 11.7 Å². The number of nitrogens with zero attached hydrogens (tertiary/aromatic N) is 3. The van der Waals surface area contributed by atoms with E-state index in [2.05, 4.69) is 65.4 Å². The fourth-order valence-electron chi connectivity index (χ4n) is 5.23. The van der Waals surface area contributed by atoms with E-state index in [0.717, 1.165) is 38.0 Å². The molecule has 2 aromatic heterocycles. The van der Waals surface area contributed by atoms with Crippen molar-refractivity contribution in [2.75, 3.05) is 11.9 Å². The smallest absolute Gasteiger partial charge is 0.226 e. The number of thiocarbonyl (C=S) groups is 1. The molecule has 1 fully saturated rings. The van der Waals surface area contributed by atoms with Crippen LogP contribution in [0, 0.1) is 0 Å². The summed E-state index contributed by atoms with van der Waals surface area (Å²) in [5, 5.41) is 9.31. The summed E-state index contributed by atoms with van der Waals surface area (Å²) in [7, 11) is 0. The molecule has 39 heavy (non-hydrogen) atoms. The largest absolute Gasteiger partial charge is 0.352 e. The molecule has 2 N–H and O–H groups in total. The number of anilines is 1. The number of carbonyl (C=O) groups is 1. The maximum atomic E-state index is 13.2.